The molecule has 0 bridgehead atoms. The molecule has 0 aromatic carbocycles. The Morgan fingerprint density at radius 2 is 2.20 bits per heavy atom. The number of rotatable bonds is 4. The lowest BCUT2D eigenvalue weighted by molar-refractivity contribution is -0.0411. The summed E-state index contributed by atoms with van der Waals surface area (Å²) in [7, 11) is 0. The predicted octanol–water partition coefficient (Wildman–Crippen LogP) is 2.81. The third kappa shape index (κ3) is 2.83. The number of fused-ring (bicyclic) bond motifs is 4. The Morgan fingerprint density at radius 1 is 1.36 bits per heavy atom. The van der Waals surface area contributed by atoms with Crippen LogP contribution >= 0.6 is 0 Å². The molecular weight excluding hydrogens is 320 g/mol. The summed E-state index contributed by atoms with van der Waals surface area (Å²) < 4.78 is 11.9. The van der Waals surface area contributed by atoms with Gasteiger partial charge >= 0.3 is 0 Å². The average Bonchev–Trinajstić information content (AvgIpc) is 2.95. The maximum Gasteiger partial charge on any atom is 0.229 e. The zero-order valence-electron chi connectivity index (χ0n) is 14.7. The summed E-state index contributed by atoms with van der Waals surface area (Å²) in [6, 6.07) is 1.97. The lowest BCUT2D eigenvalue weighted by Gasteiger charge is -2.30. The average molecular weight is 342 g/mol. The van der Waals surface area contributed by atoms with Crippen LogP contribution in [0.25, 0.3) is 22.2 Å². The molecule has 0 unspecified atom stereocenters. The van der Waals surface area contributed by atoms with Crippen molar-refractivity contribution in [2.75, 3.05) is 11.9 Å². The molecule has 132 valence electrons. The number of aliphatic hydroxyl groups is 1. The van der Waals surface area contributed by atoms with Crippen molar-refractivity contribution in [1.29, 1.82) is 0 Å². The van der Waals surface area contributed by atoms with Gasteiger partial charge in [-0.2, -0.15) is 0 Å². The molecule has 1 aliphatic heterocycles. The Bertz CT molecular complexity index is 931. The van der Waals surface area contributed by atoms with Crippen molar-refractivity contribution >= 4 is 28.0 Å². The van der Waals surface area contributed by atoms with Crippen LogP contribution in [0.4, 0.5) is 5.82 Å². The van der Waals surface area contributed by atoms with E-state index in [0.717, 1.165) is 35.0 Å². The van der Waals surface area contributed by atoms with Gasteiger partial charge in [-0.05, 0) is 26.3 Å². The minimum atomic E-state index is -0.221. The Hall–Kier alpha value is -2.25. The molecule has 0 saturated heterocycles. The fraction of sp³-hybridized carbons (Fsp3) is 0.500. The molecule has 0 aliphatic carbocycles. The summed E-state index contributed by atoms with van der Waals surface area (Å²) in [5.74, 6) is 0.582. The van der Waals surface area contributed by atoms with Crippen molar-refractivity contribution in [2.45, 2.75) is 51.9 Å². The summed E-state index contributed by atoms with van der Waals surface area (Å²) in [5.41, 5.74) is 3.71. The van der Waals surface area contributed by atoms with E-state index in [0.29, 0.717) is 23.7 Å². The van der Waals surface area contributed by atoms with Gasteiger partial charge in [-0.15, -0.1) is 0 Å². The number of aromatic nitrogens is 3. The third-order valence-corrected chi connectivity index (χ3v) is 4.68. The van der Waals surface area contributed by atoms with Crippen LogP contribution in [0.3, 0.4) is 0 Å². The Labute approximate surface area is 145 Å². The summed E-state index contributed by atoms with van der Waals surface area (Å²) in [6.45, 7) is 6.70. The first kappa shape index (κ1) is 16.2. The van der Waals surface area contributed by atoms with Crippen molar-refractivity contribution in [2.24, 2.45) is 0 Å². The highest BCUT2D eigenvalue weighted by Crippen LogP contribution is 2.34. The van der Waals surface area contributed by atoms with Crippen molar-refractivity contribution in [1.82, 2.24) is 15.0 Å². The van der Waals surface area contributed by atoms with E-state index in [1.165, 1.54) is 6.33 Å². The zero-order valence-corrected chi connectivity index (χ0v) is 14.7. The van der Waals surface area contributed by atoms with Gasteiger partial charge in [0.25, 0.3) is 0 Å². The first-order valence-corrected chi connectivity index (χ1v) is 8.58. The van der Waals surface area contributed by atoms with Crippen molar-refractivity contribution in [3.8, 4) is 0 Å². The number of furan rings is 1. The van der Waals surface area contributed by atoms with Crippen LogP contribution in [0.1, 0.15) is 38.4 Å². The lowest BCUT2D eigenvalue weighted by Crippen LogP contribution is -2.32. The monoisotopic (exact) mass is 342 g/mol. The molecule has 0 spiro atoms. The van der Waals surface area contributed by atoms with Gasteiger partial charge in [-0.1, -0.05) is 6.92 Å². The van der Waals surface area contributed by atoms with E-state index < -0.39 is 0 Å². The number of pyridine rings is 1. The van der Waals surface area contributed by atoms with E-state index in [9.17, 15) is 5.11 Å². The van der Waals surface area contributed by atoms with E-state index in [4.69, 9.17) is 14.1 Å². The molecule has 0 saturated carbocycles. The van der Waals surface area contributed by atoms with Gasteiger partial charge in [-0.25, -0.2) is 15.0 Å². The number of anilines is 1. The van der Waals surface area contributed by atoms with Crippen LogP contribution < -0.4 is 5.32 Å². The Morgan fingerprint density at radius 3 is 2.96 bits per heavy atom. The van der Waals surface area contributed by atoms with E-state index in [-0.39, 0.29) is 18.2 Å². The SMILES string of the molecule is CC[C@@H](CO)Nc1ncnc2c1oc1nc3c(cc12)COC(C)(C)C3. The van der Waals surface area contributed by atoms with Crippen LogP contribution in [-0.4, -0.2) is 38.3 Å². The first-order chi connectivity index (χ1) is 12.0. The first-order valence-electron chi connectivity index (χ1n) is 8.58. The highest BCUT2D eigenvalue weighted by atomic mass is 16.5. The van der Waals surface area contributed by atoms with Crippen LogP contribution in [0, 0.1) is 0 Å². The highest BCUT2D eigenvalue weighted by molar-refractivity contribution is 6.04. The second kappa shape index (κ2) is 5.93. The molecule has 2 N–H and O–H groups in total. The second-order valence-electron chi connectivity index (χ2n) is 7.11. The molecule has 25 heavy (non-hydrogen) atoms. The molecule has 7 nitrogen and oxygen atoms in total. The normalized spacial score (nSPS) is 17.6. The standard InChI is InChI=1S/C18H22N4O3/c1-4-11(7-23)21-16-15-14(19-9-20-16)12-5-10-8-24-18(2,3)6-13(10)22-17(12)25-15/h5,9,11,23H,4,6-8H2,1-3H3,(H,19,20,21)/t11-/m0/s1. The van der Waals surface area contributed by atoms with Crippen molar-refractivity contribution in [3.05, 3.63) is 23.7 Å². The molecule has 4 heterocycles. The fourth-order valence-corrected chi connectivity index (χ4v) is 3.16. The smallest absolute Gasteiger partial charge is 0.229 e. The summed E-state index contributed by atoms with van der Waals surface area (Å²) in [6.07, 6.45) is 3.03. The molecule has 3 aromatic heterocycles. The number of nitrogens with one attached hydrogen (secondary N) is 1. The van der Waals surface area contributed by atoms with Crippen molar-refractivity contribution < 1.29 is 14.3 Å². The quantitative estimate of drug-likeness (QED) is 0.753. The third-order valence-electron chi connectivity index (χ3n) is 4.68. The number of ether oxygens (including phenoxy) is 1. The topological polar surface area (TPSA) is 93.3 Å². The van der Waals surface area contributed by atoms with Gasteiger partial charge < -0.3 is 19.6 Å². The summed E-state index contributed by atoms with van der Waals surface area (Å²) in [5, 5.41) is 13.5. The maximum atomic E-state index is 9.43. The fourth-order valence-electron chi connectivity index (χ4n) is 3.16. The minimum Gasteiger partial charge on any atom is -0.432 e. The van der Waals surface area contributed by atoms with Crippen LogP contribution in [-0.2, 0) is 17.8 Å². The number of nitrogens with zero attached hydrogens (tertiary/aromatic N) is 3. The van der Waals surface area contributed by atoms with E-state index in [1.54, 1.807) is 0 Å². The number of aliphatic hydroxyl groups excluding tert-OH is 1. The van der Waals surface area contributed by atoms with Crippen LogP contribution in [0.2, 0.25) is 0 Å². The molecule has 7 heteroatoms. The van der Waals surface area contributed by atoms with Gasteiger partial charge in [0.05, 0.1) is 35.9 Å². The van der Waals surface area contributed by atoms with Gasteiger partial charge in [0, 0.05) is 12.0 Å². The molecule has 4 rings (SSSR count). The maximum absolute atomic E-state index is 9.43. The lowest BCUT2D eigenvalue weighted by atomic mass is 9.95. The van der Waals surface area contributed by atoms with E-state index in [2.05, 4.69) is 35.2 Å². The molecule has 0 amide bonds. The largest absolute Gasteiger partial charge is 0.432 e. The second-order valence-corrected chi connectivity index (χ2v) is 7.11. The highest BCUT2D eigenvalue weighted by Gasteiger charge is 2.28. The van der Waals surface area contributed by atoms with Crippen LogP contribution in [0.5, 0.6) is 0 Å². The Kier molecular flexibility index (Phi) is 3.85. The summed E-state index contributed by atoms with van der Waals surface area (Å²) in [4.78, 5) is 13.4. The van der Waals surface area contributed by atoms with Gasteiger partial charge in [0.1, 0.15) is 11.8 Å². The van der Waals surface area contributed by atoms with Gasteiger partial charge in [0.2, 0.25) is 5.71 Å². The molecule has 1 aliphatic rings. The van der Waals surface area contributed by atoms with Gasteiger partial charge in [0.15, 0.2) is 11.4 Å². The Balaban J connectivity index is 1.84. The molecule has 0 radical (unpaired) electrons. The van der Waals surface area contributed by atoms with E-state index in [1.807, 2.05) is 6.92 Å². The van der Waals surface area contributed by atoms with Crippen LogP contribution in [0.15, 0.2) is 16.8 Å². The molecule has 1 atom stereocenters. The zero-order chi connectivity index (χ0) is 17.6. The number of hydrogen-bond acceptors (Lipinski definition) is 7. The summed E-state index contributed by atoms with van der Waals surface area (Å²) >= 11 is 0. The predicted molar refractivity (Wildman–Crippen MR) is 94.5 cm³/mol. The molecule has 3 aromatic rings. The molecule has 0 fully saturated rings. The molecular formula is C18H22N4O3. The minimum absolute atomic E-state index is 0.0290. The van der Waals surface area contributed by atoms with Crippen molar-refractivity contribution in [3.63, 3.8) is 0 Å². The number of hydrogen-bond donors (Lipinski definition) is 2. The van der Waals surface area contributed by atoms with Gasteiger partial charge in [-0.3, -0.25) is 0 Å². The van der Waals surface area contributed by atoms with E-state index >= 15 is 0 Å².